The largest absolute Gasteiger partial charge is 0.395 e. The molecular weight excluding hydrogens is 369 g/mol. The molecule has 1 atom stereocenters. The molecule has 2 amide bonds. The van der Waals surface area contributed by atoms with Crippen molar-refractivity contribution >= 4 is 45.7 Å². The Balaban J connectivity index is 2.31. The maximum atomic E-state index is 11.7. The van der Waals surface area contributed by atoms with Crippen molar-refractivity contribution in [2.24, 2.45) is 0 Å². The van der Waals surface area contributed by atoms with Crippen LogP contribution in [0.5, 0.6) is 0 Å². The van der Waals surface area contributed by atoms with Crippen LogP contribution in [-0.4, -0.2) is 29.3 Å². The van der Waals surface area contributed by atoms with Gasteiger partial charge in [0.05, 0.1) is 17.7 Å². The molecule has 2 rings (SSSR count). The van der Waals surface area contributed by atoms with Crippen molar-refractivity contribution < 1.29 is 9.90 Å². The van der Waals surface area contributed by atoms with E-state index in [1.54, 1.807) is 12.1 Å². The van der Waals surface area contributed by atoms with Crippen molar-refractivity contribution in [3.63, 3.8) is 0 Å². The Kier molecular flexibility index (Phi) is 6.08. The van der Waals surface area contributed by atoms with E-state index >= 15 is 0 Å². The number of amides is 2. The smallest absolute Gasteiger partial charge is 0.321 e. The zero-order valence-electron chi connectivity index (χ0n) is 12.8. The van der Waals surface area contributed by atoms with Crippen molar-refractivity contribution in [2.45, 2.75) is 12.3 Å². The topological polar surface area (TPSA) is 74.2 Å². The number of carbonyl (C=O) groups excluding carboxylic acids is 1. The van der Waals surface area contributed by atoms with E-state index in [0.29, 0.717) is 20.2 Å². The number of aliphatic hydroxyl groups is 1. The van der Waals surface area contributed by atoms with Gasteiger partial charge in [-0.15, -0.1) is 6.42 Å². The third kappa shape index (κ3) is 4.00. The summed E-state index contributed by atoms with van der Waals surface area (Å²) < 4.78 is 0.392. The number of terminal acetylenes is 1. The molecule has 24 heavy (non-hydrogen) atoms. The molecule has 8 heteroatoms. The van der Waals surface area contributed by atoms with Gasteiger partial charge in [-0.3, -0.25) is 5.32 Å². The number of nitrogens with one attached hydrogen (secondary N) is 2. The number of thiazole rings is 1. The van der Waals surface area contributed by atoms with Gasteiger partial charge < -0.3 is 10.4 Å². The van der Waals surface area contributed by atoms with Crippen molar-refractivity contribution in [3.8, 4) is 12.3 Å². The molecule has 2 aromatic rings. The normalized spacial score (nSPS) is 13.0. The SMILES string of the molecule is C#CC(C)(c1ccc(Cl)cc1)c1nc(NC(=O)NCCO)sc1Cl. The summed E-state index contributed by atoms with van der Waals surface area (Å²) in [5.41, 5.74) is 0.439. The van der Waals surface area contributed by atoms with Gasteiger partial charge in [-0.1, -0.05) is 52.6 Å². The third-order valence-electron chi connectivity index (χ3n) is 3.39. The Bertz CT molecular complexity index is 771. The third-order valence-corrected chi connectivity index (χ3v) is 4.81. The predicted octanol–water partition coefficient (Wildman–Crippen LogP) is 3.50. The van der Waals surface area contributed by atoms with Gasteiger partial charge in [0.1, 0.15) is 4.34 Å². The number of anilines is 1. The maximum Gasteiger partial charge on any atom is 0.321 e. The standard InChI is InChI=1S/C16H15Cl2N3O2S/c1-3-16(2,10-4-6-11(17)7-5-10)12-13(18)24-15(20-12)21-14(23)19-8-9-22/h1,4-7,22H,8-9H2,2H3,(H2,19,20,21,23). The minimum atomic E-state index is -0.861. The fourth-order valence-electron chi connectivity index (χ4n) is 2.05. The van der Waals surface area contributed by atoms with Crippen LogP contribution < -0.4 is 10.6 Å². The molecule has 0 saturated carbocycles. The first-order valence-corrected chi connectivity index (χ1v) is 8.54. The van der Waals surface area contributed by atoms with E-state index < -0.39 is 11.4 Å². The van der Waals surface area contributed by atoms with E-state index in [1.165, 1.54) is 0 Å². The second-order valence-electron chi connectivity index (χ2n) is 5.02. The summed E-state index contributed by atoms with van der Waals surface area (Å²) in [6.07, 6.45) is 5.75. The zero-order chi connectivity index (χ0) is 17.7. The van der Waals surface area contributed by atoms with Crippen molar-refractivity contribution in [2.75, 3.05) is 18.5 Å². The number of urea groups is 1. The summed E-state index contributed by atoms with van der Waals surface area (Å²) in [6.45, 7) is 1.82. The first-order chi connectivity index (χ1) is 11.4. The number of carbonyl (C=O) groups is 1. The highest BCUT2D eigenvalue weighted by molar-refractivity contribution is 7.19. The molecular formula is C16H15Cl2N3O2S. The Labute approximate surface area is 154 Å². The monoisotopic (exact) mass is 383 g/mol. The second-order valence-corrected chi connectivity index (χ2v) is 7.06. The first kappa shape index (κ1) is 18.6. The molecule has 0 aliphatic rings. The van der Waals surface area contributed by atoms with E-state index in [-0.39, 0.29) is 13.2 Å². The summed E-state index contributed by atoms with van der Waals surface area (Å²) >= 11 is 13.3. The predicted molar refractivity (Wildman–Crippen MR) is 98.0 cm³/mol. The fourth-order valence-corrected chi connectivity index (χ4v) is 3.42. The van der Waals surface area contributed by atoms with Crippen LogP contribution in [0.1, 0.15) is 18.2 Å². The van der Waals surface area contributed by atoms with E-state index in [1.807, 2.05) is 19.1 Å². The molecule has 0 radical (unpaired) electrons. The van der Waals surface area contributed by atoms with Crippen LogP contribution in [0, 0.1) is 12.3 Å². The summed E-state index contributed by atoms with van der Waals surface area (Å²) in [5.74, 6) is 2.73. The summed E-state index contributed by atoms with van der Waals surface area (Å²) in [7, 11) is 0. The lowest BCUT2D eigenvalue weighted by atomic mass is 9.81. The number of aromatic nitrogens is 1. The molecule has 1 heterocycles. The van der Waals surface area contributed by atoms with Gasteiger partial charge in [0, 0.05) is 11.6 Å². The highest BCUT2D eigenvalue weighted by Crippen LogP contribution is 2.40. The molecule has 0 fully saturated rings. The van der Waals surface area contributed by atoms with Gasteiger partial charge in [-0.25, -0.2) is 9.78 Å². The van der Waals surface area contributed by atoms with Gasteiger partial charge in [-0.2, -0.15) is 0 Å². The van der Waals surface area contributed by atoms with E-state index in [9.17, 15) is 4.79 Å². The van der Waals surface area contributed by atoms with Gasteiger partial charge in [0.25, 0.3) is 0 Å². The molecule has 1 unspecified atom stereocenters. The number of nitrogens with zero attached hydrogens (tertiary/aromatic N) is 1. The lowest BCUT2D eigenvalue weighted by Gasteiger charge is -2.22. The zero-order valence-corrected chi connectivity index (χ0v) is 15.1. The Morgan fingerprint density at radius 1 is 1.42 bits per heavy atom. The van der Waals surface area contributed by atoms with Crippen LogP contribution in [0.2, 0.25) is 9.36 Å². The molecule has 0 saturated heterocycles. The number of hydrogen-bond acceptors (Lipinski definition) is 4. The summed E-state index contributed by atoms with van der Waals surface area (Å²) in [6, 6.07) is 6.65. The number of hydrogen-bond donors (Lipinski definition) is 3. The molecule has 0 aliphatic heterocycles. The quantitative estimate of drug-likeness (QED) is 0.691. The van der Waals surface area contributed by atoms with Gasteiger partial charge in [0.15, 0.2) is 5.13 Å². The minimum Gasteiger partial charge on any atom is -0.395 e. The van der Waals surface area contributed by atoms with Crippen molar-refractivity contribution in [3.05, 3.63) is 44.9 Å². The number of halogens is 2. The molecule has 5 nitrogen and oxygen atoms in total. The van der Waals surface area contributed by atoms with E-state index in [2.05, 4.69) is 21.5 Å². The van der Waals surface area contributed by atoms with Crippen molar-refractivity contribution in [1.29, 1.82) is 0 Å². The number of aliphatic hydroxyl groups excluding tert-OH is 1. The van der Waals surface area contributed by atoms with Crippen LogP contribution in [0.3, 0.4) is 0 Å². The molecule has 1 aromatic carbocycles. The van der Waals surface area contributed by atoms with Gasteiger partial charge >= 0.3 is 6.03 Å². The Hall–Kier alpha value is -1.78. The summed E-state index contributed by atoms with van der Waals surface area (Å²) in [5, 5.41) is 14.7. The van der Waals surface area contributed by atoms with Crippen LogP contribution >= 0.6 is 34.5 Å². The average Bonchev–Trinajstić information content (AvgIpc) is 2.93. The molecule has 0 aliphatic carbocycles. The Morgan fingerprint density at radius 2 is 2.08 bits per heavy atom. The molecule has 0 spiro atoms. The minimum absolute atomic E-state index is 0.143. The molecule has 0 bridgehead atoms. The maximum absolute atomic E-state index is 11.7. The van der Waals surface area contributed by atoms with Crippen LogP contribution in [0.15, 0.2) is 24.3 Å². The van der Waals surface area contributed by atoms with Gasteiger partial charge in [-0.05, 0) is 24.6 Å². The lowest BCUT2D eigenvalue weighted by molar-refractivity contribution is 0.245. The second kappa shape index (κ2) is 7.86. The lowest BCUT2D eigenvalue weighted by Crippen LogP contribution is -2.31. The van der Waals surface area contributed by atoms with Crippen LogP contribution in [0.4, 0.5) is 9.93 Å². The molecule has 1 aromatic heterocycles. The van der Waals surface area contributed by atoms with E-state index in [4.69, 9.17) is 34.7 Å². The first-order valence-electron chi connectivity index (χ1n) is 6.97. The highest BCUT2D eigenvalue weighted by atomic mass is 35.5. The van der Waals surface area contributed by atoms with Crippen LogP contribution in [-0.2, 0) is 5.41 Å². The Morgan fingerprint density at radius 3 is 2.67 bits per heavy atom. The summed E-state index contributed by atoms with van der Waals surface area (Å²) in [4.78, 5) is 16.0. The average molecular weight is 384 g/mol. The van der Waals surface area contributed by atoms with E-state index in [0.717, 1.165) is 16.9 Å². The van der Waals surface area contributed by atoms with Crippen LogP contribution in [0.25, 0.3) is 0 Å². The highest BCUT2D eigenvalue weighted by Gasteiger charge is 2.32. The van der Waals surface area contributed by atoms with Gasteiger partial charge in [0.2, 0.25) is 0 Å². The van der Waals surface area contributed by atoms with Crippen molar-refractivity contribution in [1.82, 2.24) is 10.3 Å². The molecule has 3 N–H and O–H groups in total. The molecule has 126 valence electrons. The fraction of sp³-hybridized carbons (Fsp3) is 0.250. The number of benzene rings is 1. The number of rotatable bonds is 5.